The maximum absolute atomic E-state index is 13.8. The van der Waals surface area contributed by atoms with E-state index >= 15 is 0 Å². The summed E-state index contributed by atoms with van der Waals surface area (Å²) in [7, 11) is 0. The lowest BCUT2D eigenvalue weighted by molar-refractivity contribution is -0.192. The van der Waals surface area contributed by atoms with Gasteiger partial charge in [0, 0.05) is 32.1 Å². The van der Waals surface area contributed by atoms with Gasteiger partial charge in [0.05, 0.1) is 28.2 Å². The van der Waals surface area contributed by atoms with Gasteiger partial charge in [-0.25, -0.2) is 9.78 Å². The number of carboxylic acid groups (broad SMARTS) is 1. The molecule has 5 rings (SSSR count). The average Bonchev–Trinajstić information content (AvgIpc) is 3.70. The number of nitrogens with one attached hydrogen (secondary N) is 2. The van der Waals surface area contributed by atoms with Crippen molar-refractivity contribution in [2.75, 3.05) is 19.6 Å². The predicted molar refractivity (Wildman–Crippen MR) is 160 cm³/mol. The van der Waals surface area contributed by atoms with Crippen LogP contribution >= 0.6 is 11.3 Å². The molecule has 250 valence electrons. The third kappa shape index (κ3) is 8.41. The molecule has 1 aromatic carbocycles. The second kappa shape index (κ2) is 14.6. The zero-order valence-corrected chi connectivity index (χ0v) is 26.4. The van der Waals surface area contributed by atoms with Gasteiger partial charge in [0.2, 0.25) is 11.8 Å². The highest BCUT2D eigenvalue weighted by Gasteiger charge is 2.43. The number of carbonyl (C=O) groups excluding carboxylic acids is 2. The molecule has 2 amide bonds. The van der Waals surface area contributed by atoms with E-state index in [0.717, 1.165) is 34.8 Å². The van der Waals surface area contributed by atoms with Crippen molar-refractivity contribution in [2.45, 2.75) is 70.5 Å². The molecule has 2 aromatic heterocycles. The minimum Gasteiger partial charge on any atom is -0.475 e. The zero-order chi connectivity index (χ0) is 33.8. The fraction of sp³-hybridized carbons (Fsp3) is 0.500. The lowest BCUT2D eigenvalue weighted by Crippen LogP contribution is -2.50. The summed E-state index contributed by atoms with van der Waals surface area (Å²) in [6.45, 7) is 9.30. The highest BCUT2D eigenvalue weighted by molar-refractivity contribution is 7.13. The summed E-state index contributed by atoms with van der Waals surface area (Å²) in [6.07, 6.45) is -5.65. The molecule has 0 saturated carbocycles. The number of halogens is 3. The molecule has 16 heteroatoms. The number of carbonyl (C=O) groups is 3. The highest BCUT2D eigenvalue weighted by Crippen LogP contribution is 2.33. The van der Waals surface area contributed by atoms with Gasteiger partial charge in [-0.2, -0.15) is 13.2 Å². The highest BCUT2D eigenvalue weighted by atomic mass is 32.1. The Bertz CT molecular complexity index is 1510. The molecule has 46 heavy (non-hydrogen) atoms. The number of ether oxygens (including phenoxy) is 1. The second-order valence-electron chi connectivity index (χ2n) is 11.5. The number of aromatic nitrogens is 2. The number of aliphatic carboxylic acids is 1. The molecule has 4 atom stereocenters. The van der Waals surface area contributed by atoms with Crippen LogP contribution in [0.4, 0.5) is 13.2 Å². The second-order valence-corrected chi connectivity index (χ2v) is 12.4. The van der Waals surface area contributed by atoms with Crippen LogP contribution in [0.1, 0.15) is 56.2 Å². The van der Waals surface area contributed by atoms with Crippen LogP contribution in [0.2, 0.25) is 0 Å². The maximum atomic E-state index is 13.8. The van der Waals surface area contributed by atoms with Crippen molar-refractivity contribution in [2.24, 2.45) is 5.92 Å². The number of alkyl halides is 3. The van der Waals surface area contributed by atoms with Crippen LogP contribution in [0, 0.1) is 12.8 Å². The van der Waals surface area contributed by atoms with Crippen LogP contribution in [-0.2, 0) is 14.4 Å². The quantitative estimate of drug-likeness (QED) is 0.264. The van der Waals surface area contributed by atoms with Crippen LogP contribution in [0.15, 0.2) is 40.4 Å². The van der Waals surface area contributed by atoms with E-state index < -0.39 is 30.2 Å². The van der Waals surface area contributed by atoms with E-state index in [1.165, 1.54) is 4.90 Å². The average molecular weight is 668 g/mol. The minimum atomic E-state index is -5.08. The molecular weight excluding hydrogens is 631 g/mol. The predicted octanol–water partition coefficient (Wildman–Crippen LogP) is 3.67. The first-order chi connectivity index (χ1) is 21.6. The number of aliphatic hydroxyl groups excluding tert-OH is 1. The molecule has 2 aliphatic rings. The minimum absolute atomic E-state index is 0.0352. The van der Waals surface area contributed by atoms with E-state index in [-0.39, 0.29) is 42.8 Å². The monoisotopic (exact) mass is 667 g/mol. The number of rotatable bonds is 9. The Balaban J connectivity index is 0.000000617. The zero-order valence-electron chi connectivity index (χ0n) is 25.6. The van der Waals surface area contributed by atoms with Gasteiger partial charge in [0.25, 0.3) is 5.88 Å². The normalized spacial score (nSPS) is 19.5. The standard InChI is InChI=1S/C28H35N5O5S.C2HF3O2/c1-15(2)25(23-10-24(32-38-23)37-21-11-29-12-21)28(36)33-13-20(34)9-22(33)27(35)31-16(3)18-5-7-19(8-6-18)26-17(4)30-14-39-26;3-2(4,5)1(6)7/h5-8,10,14-16,20-22,25,29,34H,9,11-13H2,1-4H3,(H,31,35);(H,6,7)/t16-,20+,22-,25+;/m0./s1. The Labute approximate surface area is 266 Å². The third-order valence-electron chi connectivity index (χ3n) is 7.66. The Morgan fingerprint density at radius 2 is 1.83 bits per heavy atom. The lowest BCUT2D eigenvalue weighted by atomic mass is 9.91. The number of aliphatic hydroxyl groups is 1. The van der Waals surface area contributed by atoms with Crippen molar-refractivity contribution in [1.29, 1.82) is 0 Å². The summed E-state index contributed by atoms with van der Waals surface area (Å²) in [4.78, 5) is 43.0. The topological polar surface area (TPSA) is 167 Å². The first-order valence-electron chi connectivity index (χ1n) is 14.6. The molecule has 0 spiro atoms. The molecule has 12 nitrogen and oxygen atoms in total. The molecule has 3 aromatic rings. The van der Waals surface area contributed by atoms with Crippen LogP contribution < -0.4 is 15.4 Å². The first-order valence-corrected chi connectivity index (χ1v) is 15.5. The van der Waals surface area contributed by atoms with E-state index in [1.54, 1.807) is 17.4 Å². The summed E-state index contributed by atoms with van der Waals surface area (Å²) in [5.74, 6) is -3.37. The number of likely N-dealkylation sites (tertiary alicyclic amines) is 1. The summed E-state index contributed by atoms with van der Waals surface area (Å²) < 4.78 is 43.0. The van der Waals surface area contributed by atoms with Crippen molar-refractivity contribution in [3.8, 4) is 16.3 Å². The number of β-amino-alcohol motifs (C(OH)–C–C–N with tert-alkyl or cyclic N) is 1. The van der Waals surface area contributed by atoms with Gasteiger partial charge in [-0.15, -0.1) is 11.3 Å². The SMILES string of the molecule is Cc1ncsc1-c1ccc([C@H](C)NC(=O)[C@@H]2C[C@@H](O)CN2C(=O)[C@@H](c2cc(OC3CNC3)no2)C(C)C)cc1.O=C(O)C(F)(F)F. The number of carboxylic acids is 1. The number of amides is 2. The van der Waals surface area contributed by atoms with Gasteiger partial charge in [-0.1, -0.05) is 38.1 Å². The summed E-state index contributed by atoms with van der Waals surface area (Å²) >= 11 is 1.60. The molecule has 0 unspecified atom stereocenters. The smallest absolute Gasteiger partial charge is 0.475 e. The molecule has 0 bridgehead atoms. The first kappa shape index (κ1) is 34.8. The van der Waals surface area contributed by atoms with Gasteiger partial charge in [-0.05, 0) is 36.0 Å². The van der Waals surface area contributed by atoms with Crippen molar-refractivity contribution in [1.82, 2.24) is 25.7 Å². The molecule has 2 saturated heterocycles. The van der Waals surface area contributed by atoms with Crippen molar-refractivity contribution < 1.29 is 47.0 Å². The van der Waals surface area contributed by atoms with E-state index in [2.05, 4.69) is 20.8 Å². The Kier molecular flexibility index (Phi) is 11.1. The Morgan fingerprint density at radius 1 is 1.17 bits per heavy atom. The van der Waals surface area contributed by atoms with E-state index in [9.17, 15) is 27.9 Å². The van der Waals surface area contributed by atoms with E-state index in [4.69, 9.17) is 19.2 Å². The van der Waals surface area contributed by atoms with Gasteiger partial charge in [0.15, 0.2) is 5.76 Å². The summed E-state index contributed by atoms with van der Waals surface area (Å²) in [6, 6.07) is 8.63. The van der Waals surface area contributed by atoms with Crippen molar-refractivity contribution >= 4 is 29.1 Å². The number of hydrogen-bond acceptors (Lipinski definition) is 10. The van der Waals surface area contributed by atoms with Gasteiger partial charge in [0.1, 0.15) is 18.1 Å². The number of aryl methyl sites for hydroxylation is 1. The Hall–Kier alpha value is -4.02. The largest absolute Gasteiger partial charge is 0.490 e. The summed E-state index contributed by atoms with van der Waals surface area (Å²) in [5.41, 5.74) is 4.85. The molecule has 2 fully saturated rings. The van der Waals surface area contributed by atoms with Crippen molar-refractivity contribution in [3.05, 3.63) is 52.9 Å². The molecule has 2 aliphatic heterocycles. The van der Waals surface area contributed by atoms with Crippen LogP contribution in [0.25, 0.3) is 10.4 Å². The van der Waals surface area contributed by atoms with Gasteiger partial charge in [-0.3, -0.25) is 9.59 Å². The summed E-state index contributed by atoms with van der Waals surface area (Å²) in [5, 5.41) is 27.7. The van der Waals surface area contributed by atoms with E-state index in [0.29, 0.717) is 11.6 Å². The van der Waals surface area contributed by atoms with Gasteiger partial charge < -0.3 is 35.0 Å². The lowest BCUT2D eigenvalue weighted by Gasteiger charge is -2.29. The molecular formula is C30H36F3N5O7S. The molecule has 0 aliphatic carbocycles. The van der Waals surface area contributed by atoms with Crippen LogP contribution in [0.3, 0.4) is 0 Å². The molecule has 0 radical (unpaired) electrons. The van der Waals surface area contributed by atoms with Crippen LogP contribution in [-0.4, -0.2) is 87.1 Å². The van der Waals surface area contributed by atoms with Crippen molar-refractivity contribution in [3.63, 3.8) is 0 Å². The van der Waals surface area contributed by atoms with Gasteiger partial charge >= 0.3 is 12.1 Å². The maximum Gasteiger partial charge on any atom is 0.490 e. The number of hydrogen-bond donors (Lipinski definition) is 4. The molecule has 4 heterocycles. The number of nitrogens with zero attached hydrogens (tertiary/aromatic N) is 3. The Morgan fingerprint density at radius 3 is 2.35 bits per heavy atom. The van der Waals surface area contributed by atoms with E-state index in [1.807, 2.05) is 57.5 Å². The fourth-order valence-corrected chi connectivity index (χ4v) is 5.92. The van der Waals surface area contributed by atoms with Crippen LogP contribution in [0.5, 0.6) is 5.88 Å². The number of benzene rings is 1. The third-order valence-corrected chi connectivity index (χ3v) is 8.64. The number of thiazole rings is 1. The molecule has 4 N–H and O–H groups in total. The fourth-order valence-electron chi connectivity index (χ4n) is 5.11.